The van der Waals surface area contributed by atoms with Crippen LogP contribution >= 0.6 is 0 Å². The summed E-state index contributed by atoms with van der Waals surface area (Å²) in [5.74, 6) is 0.0756. The predicted molar refractivity (Wildman–Crippen MR) is 70.2 cm³/mol. The van der Waals surface area contributed by atoms with Crippen molar-refractivity contribution in [2.45, 2.75) is 24.9 Å². The molecule has 0 bridgehead atoms. The third-order valence-electron chi connectivity index (χ3n) is 3.50. The van der Waals surface area contributed by atoms with Crippen molar-refractivity contribution in [3.05, 3.63) is 22.6 Å². The normalized spacial score (nSPS) is 25.5. The van der Waals surface area contributed by atoms with E-state index >= 15 is 0 Å². The number of nitrogens with two attached hydrogens (primary N) is 1. The molecule has 3 rings (SSSR count). The van der Waals surface area contributed by atoms with Crippen LogP contribution < -0.4 is 5.73 Å². The minimum atomic E-state index is -0.851. The van der Waals surface area contributed by atoms with Crippen LogP contribution in [-0.2, 0) is 4.74 Å². The number of nitrogen functional groups attached to an aromatic ring is 1. The average Bonchev–Trinajstić information content (AvgIpc) is 3.02. The minimum Gasteiger partial charge on any atom is -0.394 e. The first-order valence-electron chi connectivity index (χ1n) is 6.22. The molecule has 1 saturated heterocycles. The highest BCUT2D eigenvalue weighted by atomic mass is 16.6. The Kier molecular flexibility index (Phi) is 3.20. The Morgan fingerprint density at radius 1 is 1.57 bits per heavy atom. The van der Waals surface area contributed by atoms with Gasteiger partial charge in [-0.1, -0.05) is 0 Å². The van der Waals surface area contributed by atoms with Crippen molar-refractivity contribution < 1.29 is 19.9 Å². The van der Waals surface area contributed by atoms with Crippen molar-refractivity contribution in [3.8, 4) is 0 Å². The summed E-state index contributed by atoms with van der Waals surface area (Å²) in [4.78, 5) is 18.3. The molecule has 0 saturated carbocycles. The van der Waals surface area contributed by atoms with Gasteiger partial charge in [0.15, 0.2) is 11.3 Å². The molecular weight excluding hydrogens is 282 g/mol. The summed E-state index contributed by atoms with van der Waals surface area (Å²) in [5, 5.41) is 30.0. The molecule has 2 aromatic heterocycles. The largest absolute Gasteiger partial charge is 0.394 e. The summed E-state index contributed by atoms with van der Waals surface area (Å²) in [5.41, 5.74) is 5.82. The van der Waals surface area contributed by atoms with Gasteiger partial charge in [-0.3, -0.25) is 14.7 Å². The first-order chi connectivity index (χ1) is 10.0. The second kappa shape index (κ2) is 4.91. The van der Waals surface area contributed by atoms with E-state index < -0.39 is 23.4 Å². The van der Waals surface area contributed by atoms with Gasteiger partial charge in [0.1, 0.15) is 24.0 Å². The van der Waals surface area contributed by atoms with Crippen LogP contribution in [0.5, 0.6) is 0 Å². The van der Waals surface area contributed by atoms with Crippen molar-refractivity contribution in [2.75, 3.05) is 12.3 Å². The molecular formula is C11H13N5O5. The Morgan fingerprint density at radius 2 is 2.33 bits per heavy atom. The lowest BCUT2D eigenvalue weighted by Gasteiger charge is -2.14. The van der Waals surface area contributed by atoms with Crippen LogP contribution in [0, 0.1) is 10.1 Å². The SMILES string of the molecule is Nc1ncc([N+](=O)[O-])c2c1ncn2[C@H]1C[C@@H](O)[C@@H](CO)O1. The number of hydrogen-bond donors (Lipinski definition) is 3. The monoisotopic (exact) mass is 295 g/mol. The number of aliphatic hydroxyl groups excluding tert-OH is 2. The van der Waals surface area contributed by atoms with Crippen molar-refractivity contribution >= 4 is 22.5 Å². The smallest absolute Gasteiger partial charge is 0.313 e. The molecule has 0 radical (unpaired) electrons. The van der Waals surface area contributed by atoms with E-state index in [0.717, 1.165) is 6.20 Å². The van der Waals surface area contributed by atoms with E-state index in [-0.39, 0.29) is 35.6 Å². The highest BCUT2D eigenvalue weighted by Gasteiger charge is 2.36. The van der Waals surface area contributed by atoms with E-state index in [1.54, 1.807) is 0 Å². The molecule has 112 valence electrons. The van der Waals surface area contributed by atoms with Gasteiger partial charge in [-0.05, 0) is 0 Å². The zero-order chi connectivity index (χ0) is 15.1. The van der Waals surface area contributed by atoms with Crippen LogP contribution in [0.1, 0.15) is 12.6 Å². The summed E-state index contributed by atoms with van der Waals surface area (Å²) in [7, 11) is 0. The summed E-state index contributed by atoms with van der Waals surface area (Å²) in [6.45, 7) is -0.337. The maximum atomic E-state index is 11.1. The lowest BCUT2D eigenvalue weighted by molar-refractivity contribution is -0.383. The molecule has 10 heteroatoms. The van der Waals surface area contributed by atoms with Crippen LogP contribution in [0.2, 0.25) is 0 Å². The number of aromatic nitrogens is 3. The Balaban J connectivity index is 2.12. The van der Waals surface area contributed by atoms with Crippen LogP contribution in [0.15, 0.2) is 12.5 Å². The second-order valence-corrected chi connectivity index (χ2v) is 4.75. The van der Waals surface area contributed by atoms with E-state index in [4.69, 9.17) is 15.6 Å². The average molecular weight is 295 g/mol. The van der Waals surface area contributed by atoms with Gasteiger partial charge < -0.3 is 20.7 Å². The lowest BCUT2D eigenvalue weighted by atomic mass is 10.2. The highest BCUT2D eigenvalue weighted by Crippen LogP contribution is 2.35. The van der Waals surface area contributed by atoms with Crippen molar-refractivity contribution in [1.82, 2.24) is 14.5 Å². The molecule has 1 aliphatic heterocycles. The fraction of sp³-hybridized carbons (Fsp3) is 0.455. The number of nitrogens with zero attached hydrogens (tertiary/aromatic N) is 4. The van der Waals surface area contributed by atoms with Gasteiger partial charge in [0.05, 0.1) is 24.0 Å². The summed E-state index contributed by atoms with van der Waals surface area (Å²) in [6, 6.07) is 0. The fourth-order valence-electron chi connectivity index (χ4n) is 2.46. The Hall–Kier alpha value is -2.30. The Morgan fingerprint density at radius 3 is 2.95 bits per heavy atom. The molecule has 10 nitrogen and oxygen atoms in total. The molecule has 4 N–H and O–H groups in total. The summed E-state index contributed by atoms with van der Waals surface area (Å²) < 4.78 is 6.92. The molecule has 1 fully saturated rings. The van der Waals surface area contributed by atoms with Gasteiger partial charge in [0, 0.05) is 6.42 Å². The summed E-state index contributed by atoms with van der Waals surface area (Å²) >= 11 is 0. The number of fused-ring (bicyclic) bond motifs is 1. The van der Waals surface area contributed by atoms with Gasteiger partial charge >= 0.3 is 5.69 Å². The van der Waals surface area contributed by atoms with Crippen molar-refractivity contribution in [2.24, 2.45) is 0 Å². The topological polar surface area (TPSA) is 150 Å². The Bertz CT molecular complexity index is 702. The molecule has 3 heterocycles. The fourth-order valence-corrected chi connectivity index (χ4v) is 2.46. The minimum absolute atomic E-state index is 0.0756. The van der Waals surface area contributed by atoms with Crippen molar-refractivity contribution in [1.29, 1.82) is 0 Å². The van der Waals surface area contributed by atoms with Crippen LogP contribution in [0.3, 0.4) is 0 Å². The van der Waals surface area contributed by atoms with Crippen LogP contribution in [0.25, 0.3) is 11.0 Å². The van der Waals surface area contributed by atoms with E-state index in [2.05, 4.69) is 9.97 Å². The van der Waals surface area contributed by atoms with E-state index in [1.807, 2.05) is 0 Å². The first-order valence-corrected chi connectivity index (χ1v) is 6.22. The molecule has 21 heavy (non-hydrogen) atoms. The number of nitro groups is 1. The maximum absolute atomic E-state index is 11.1. The van der Waals surface area contributed by atoms with E-state index in [1.165, 1.54) is 10.9 Å². The quantitative estimate of drug-likeness (QED) is 0.509. The van der Waals surface area contributed by atoms with Crippen LogP contribution in [-0.4, -0.2) is 48.5 Å². The van der Waals surface area contributed by atoms with E-state index in [9.17, 15) is 15.2 Å². The predicted octanol–water partition coefficient (Wildman–Crippen LogP) is -0.438. The van der Waals surface area contributed by atoms with E-state index in [0.29, 0.717) is 0 Å². The van der Waals surface area contributed by atoms with Gasteiger partial charge in [-0.25, -0.2) is 9.97 Å². The Labute approximate surface area is 117 Å². The lowest BCUT2D eigenvalue weighted by Crippen LogP contribution is -2.24. The molecule has 3 atom stereocenters. The molecule has 0 aliphatic carbocycles. The molecule has 0 spiro atoms. The second-order valence-electron chi connectivity index (χ2n) is 4.75. The third-order valence-corrected chi connectivity index (χ3v) is 3.50. The summed E-state index contributed by atoms with van der Waals surface area (Å²) in [6.07, 6.45) is 0.359. The standard InChI is InChI=1S/C11H13N5O5/c12-11-9-10(5(2-13-11)16(19)20)15(4-14-9)8-1-6(18)7(3-17)21-8/h2,4,6-8,17-18H,1,3H2,(H2,12,13)/t6-,7-,8-/m1/s1. The first kappa shape index (κ1) is 13.7. The molecule has 0 unspecified atom stereocenters. The molecule has 0 aromatic carbocycles. The molecule has 1 aliphatic rings. The maximum Gasteiger partial charge on any atom is 0.313 e. The zero-order valence-corrected chi connectivity index (χ0v) is 10.8. The van der Waals surface area contributed by atoms with Gasteiger partial charge in [-0.15, -0.1) is 0 Å². The number of imidazole rings is 1. The van der Waals surface area contributed by atoms with Gasteiger partial charge in [0.2, 0.25) is 0 Å². The third kappa shape index (κ3) is 2.09. The highest BCUT2D eigenvalue weighted by molar-refractivity contribution is 5.91. The number of aliphatic hydroxyl groups is 2. The number of pyridine rings is 1. The number of ether oxygens (including phenoxy) is 1. The molecule has 2 aromatic rings. The van der Waals surface area contributed by atoms with Crippen LogP contribution in [0.4, 0.5) is 11.5 Å². The van der Waals surface area contributed by atoms with Gasteiger partial charge in [-0.2, -0.15) is 0 Å². The van der Waals surface area contributed by atoms with Crippen molar-refractivity contribution in [3.63, 3.8) is 0 Å². The molecule has 0 amide bonds. The number of anilines is 1. The number of rotatable bonds is 3. The number of hydrogen-bond acceptors (Lipinski definition) is 8. The zero-order valence-electron chi connectivity index (χ0n) is 10.8. The van der Waals surface area contributed by atoms with Gasteiger partial charge in [0.25, 0.3) is 0 Å².